The number of nitrogens with one attached hydrogen (secondary N) is 2. The van der Waals surface area contributed by atoms with Gasteiger partial charge in [-0.3, -0.25) is 10.6 Å². The minimum Gasteiger partial charge on any atom is -0.453 e. The molecule has 3 atom stereocenters. The number of alkyl carbamates (subject to hydrolysis) is 1. The molecule has 2 amide bonds. The van der Waals surface area contributed by atoms with Gasteiger partial charge in [0.05, 0.1) is 30.9 Å². The molecule has 0 aromatic heterocycles. The van der Waals surface area contributed by atoms with Gasteiger partial charge in [0.2, 0.25) is 5.91 Å². The summed E-state index contributed by atoms with van der Waals surface area (Å²) in [7, 11) is 1.24. The van der Waals surface area contributed by atoms with Gasteiger partial charge in [-0.25, -0.2) is 9.80 Å². The van der Waals surface area contributed by atoms with Crippen LogP contribution in [-0.4, -0.2) is 54.0 Å². The summed E-state index contributed by atoms with van der Waals surface area (Å²) < 4.78 is 4.67. The van der Waals surface area contributed by atoms with Crippen LogP contribution < -0.4 is 16.5 Å². The summed E-state index contributed by atoms with van der Waals surface area (Å²) in [5.41, 5.74) is 4.25. The van der Waals surface area contributed by atoms with Gasteiger partial charge in [-0.2, -0.15) is 5.26 Å². The Morgan fingerprint density at radius 3 is 2.25 bits per heavy atom. The van der Waals surface area contributed by atoms with Crippen molar-refractivity contribution in [3.63, 3.8) is 0 Å². The molecule has 0 aliphatic heterocycles. The van der Waals surface area contributed by atoms with Crippen molar-refractivity contribution in [1.82, 2.24) is 15.6 Å². The van der Waals surface area contributed by atoms with Gasteiger partial charge in [-0.05, 0) is 40.7 Å². The fraction of sp³-hybridized carbons (Fsp3) is 0.323. The molecular weight excluding hydrogens is 506 g/mol. The summed E-state index contributed by atoms with van der Waals surface area (Å²) in [6.07, 6.45) is -1.33. The maximum Gasteiger partial charge on any atom is 0.407 e. The van der Waals surface area contributed by atoms with Crippen molar-refractivity contribution in [2.24, 2.45) is 11.8 Å². The Morgan fingerprint density at radius 1 is 0.975 bits per heavy atom. The number of benzene rings is 3. The number of ether oxygens (including phenoxy) is 1. The molecule has 0 aliphatic rings. The second kappa shape index (κ2) is 14.8. The zero-order valence-electron chi connectivity index (χ0n) is 23.1. The van der Waals surface area contributed by atoms with E-state index in [2.05, 4.69) is 21.4 Å². The van der Waals surface area contributed by atoms with Gasteiger partial charge in [-0.1, -0.05) is 86.6 Å². The van der Waals surface area contributed by atoms with E-state index in [9.17, 15) is 20.0 Å². The molecule has 0 spiro atoms. The SMILES string of the molecule is COC(=O)N[C@H](C(=O)NC(Cc1ccccc1)C(O)CN(N)Cc1ccc(-c2ccccc2C#N)cc1)C(C)C. The second-order valence-corrected chi connectivity index (χ2v) is 10.0. The van der Waals surface area contributed by atoms with E-state index in [0.717, 1.165) is 22.3 Å². The van der Waals surface area contributed by atoms with E-state index in [0.29, 0.717) is 18.5 Å². The van der Waals surface area contributed by atoms with Crippen LogP contribution in [0, 0.1) is 17.2 Å². The Bertz CT molecular complexity index is 1290. The number of aliphatic hydroxyl groups is 1. The molecule has 0 saturated heterocycles. The predicted molar refractivity (Wildman–Crippen MR) is 153 cm³/mol. The first-order valence-electron chi connectivity index (χ1n) is 13.2. The molecule has 0 fully saturated rings. The van der Waals surface area contributed by atoms with Crippen LogP contribution in [0.25, 0.3) is 11.1 Å². The summed E-state index contributed by atoms with van der Waals surface area (Å²) in [6.45, 7) is 4.08. The number of nitriles is 1. The van der Waals surface area contributed by atoms with E-state index in [1.165, 1.54) is 12.1 Å². The van der Waals surface area contributed by atoms with Crippen LogP contribution in [0.1, 0.15) is 30.5 Å². The maximum atomic E-state index is 13.2. The molecule has 40 heavy (non-hydrogen) atoms. The number of methoxy groups -OCH3 is 1. The zero-order chi connectivity index (χ0) is 29.1. The highest BCUT2D eigenvalue weighted by Gasteiger charge is 2.30. The number of nitrogens with two attached hydrogens (primary N) is 1. The highest BCUT2D eigenvalue weighted by molar-refractivity contribution is 5.86. The molecule has 0 heterocycles. The van der Waals surface area contributed by atoms with Crippen molar-refractivity contribution in [3.8, 4) is 17.2 Å². The topological polar surface area (TPSA) is 141 Å². The summed E-state index contributed by atoms with van der Waals surface area (Å²) >= 11 is 0. The average molecular weight is 544 g/mol. The third-order valence-corrected chi connectivity index (χ3v) is 6.62. The molecule has 0 radical (unpaired) electrons. The van der Waals surface area contributed by atoms with Crippen LogP contribution in [0.3, 0.4) is 0 Å². The quantitative estimate of drug-likeness (QED) is 0.203. The fourth-order valence-corrected chi connectivity index (χ4v) is 4.43. The van der Waals surface area contributed by atoms with Gasteiger partial charge >= 0.3 is 6.09 Å². The maximum absolute atomic E-state index is 13.2. The van der Waals surface area contributed by atoms with Crippen molar-refractivity contribution in [1.29, 1.82) is 5.26 Å². The lowest BCUT2D eigenvalue weighted by molar-refractivity contribution is -0.125. The molecule has 3 rings (SSSR count). The third kappa shape index (κ3) is 8.64. The lowest BCUT2D eigenvalue weighted by atomic mass is 9.98. The van der Waals surface area contributed by atoms with E-state index in [1.54, 1.807) is 6.07 Å². The first-order valence-corrected chi connectivity index (χ1v) is 13.2. The van der Waals surface area contributed by atoms with Crippen LogP contribution in [0.15, 0.2) is 78.9 Å². The van der Waals surface area contributed by atoms with Gasteiger partial charge in [0.25, 0.3) is 0 Å². The first-order chi connectivity index (χ1) is 19.2. The first kappa shape index (κ1) is 30.3. The van der Waals surface area contributed by atoms with Crippen molar-refractivity contribution >= 4 is 12.0 Å². The molecule has 3 aromatic rings. The van der Waals surface area contributed by atoms with E-state index >= 15 is 0 Å². The number of amides is 2. The number of carbonyl (C=O) groups is 2. The molecule has 210 valence electrons. The lowest BCUT2D eigenvalue weighted by Gasteiger charge is -2.30. The molecule has 5 N–H and O–H groups in total. The Labute approximate surface area is 235 Å². The van der Waals surface area contributed by atoms with Gasteiger partial charge in [0.1, 0.15) is 6.04 Å². The van der Waals surface area contributed by atoms with Crippen molar-refractivity contribution in [3.05, 3.63) is 95.6 Å². The summed E-state index contributed by atoms with van der Waals surface area (Å²) in [5, 5.41) is 27.6. The smallest absolute Gasteiger partial charge is 0.407 e. The van der Waals surface area contributed by atoms with Gasteiger partial charge in [-0.15, -0.1) is 0 Å². The Balaban J connectivity index is 1.69. The third-order valence-electron chi connectivity index (χ3n) is 6.62. The molecule has 3 aromatic carbocycles. The Morgan fingerprint density at radius 2 is 1.62 bits per heavy atom. The standard InChI is InChI=1S/C31H37N5O4/c1-21(2)29(35-31(39)40-3)30(38)34-27(17-22-9-5-4-6-10-22)28(37)20-36(33)19-23-13-15-24(16-14-23)26-12-8-7-11-25(26)18-32/h4-16,21,27-29,37H,17,19-20,33H2,1-3H3,(H,34,38)(H,35,39)/t27?,28?,29-/m0/s1. The predicted octanol–water partition coefficient (Wildman–Crippen LogP) is 3.37. The summed E-state index contributed by atoms with van der Waals surface area (Å²) in [6, 6.07) is 25.4. The molecule has 2 unspecified atom stereocenters. The molecule has 0 aliphatic carbocycles. The van der Waals surface area contributed by atoms with Crippen molar-refractivity contribution in [2.45, 2.75) is 45.0 Å². The van der Waals surface area contributed by atoms with Crippen LogP contribution in [0.5, 0.6) is 0 Å². The van der Waals surface area contributed by atoms with Crippen LogP contribution >= 0.6 is 0 Å². The number of hydrogen-bond donors (Lipinski definition) is 4. The van der Waals surface area contributed by atoms with Gasteiger partial charge < -0.3 is 20.5 Å². The highest BCUT2D eigenvalue weighted by Crippen LogP contribution is 2.23. The van der Waals surface area contributed by atoms with Gasteiger partial charge in [0.15, 0.2) is 0 Å². The van der Waals surface area contributed by atoms with E-state index in [-0.39, 0.29) is 12.5 Å². The Hall–Kier alpha value is -4.23. The van der Waals surface area contributed by atoms with E-state index < -0.39 is 30.2 Å². The lowest BCUT2D eigenvalue weighted by Crippen LogP contribution is -2.56. The highest BCUT2D eigenvalue weighted by atomic mass is 16.5. The molecule has 9 nitrogen and oxygen atoms in total. The molecule has 9 heteroatoms. The molecule has 0 bridgehead atoms. The number of nitrogens with zero attached hydrogens (tertiary/aromatic N) is 2. The van der Waals surface area contributed by atoms with Crippen LogP contribution in [-0.2, 0) is 22.5 Å². The number of hydrogen-bond acceptors (Lipinski definition) is 7. The van der Waals surface area contributed by atoms with E-state index in [1.807, 2.05) is 86.6 Å². The van der Waals surface area contributed by atoms with Crippen molar-refractivity contribution in [2.75, 3.05) is 13.7 Å². The molecular formula is C31H37N5O4. The zero-order valence-corrected chi connectivity index (χ0v) is 23.1. The van der Waals surface area contributed by atoms with Crippen LogP contribution in [0.2, 0.25) is 0 Å². The summed E-state index contributed by atoms with van der Waals surface area (Å²) in [4.78, 5) is 24.9. The second-order valence-electron chi connectivity index (χ2n) is 10.0. The normalized spacial score (nSPS) is 13.2. The minimum absolute atomic E-state index is 0.0908. The fourth-order valence-electron chi connectivity index (χ4n) is 4.43. The number of hydrazine groups is 1. The minimum atomic E-state index is -0.998. The van der Waals surface area contributed by atoms with Crippen LogP contribution in [0.4, 0.5) is 4.79 Å². The number of rotatable bonds is 12. The summed E-state index contributed by atoms with van der Waals surface area (Å²) in [5.74, 6) is 5.67. The average Bonchev–Trinajstić information content (AvgIpc) is 2.96. The molecule has 0 saturated carbocycles. The van der Waals surface area contributed by atoms with Crippen molar-refractivity contribution < 1.29 is 19.4 Å². The monoisotopic (exact) mass is 543 g/mol. The van der Waals surface area contributed by atoms with E-state index in [4.69, 9.17) is 5.84 Å². The number of aliphatic hydroxyl groups excluding tert-OH is 1. The Kier molecular flexibility index (Phi) is 11.2. The number of carbonyl (C=O) groups excluding carboxylic acids is 2. The van der Waals surface area contributed by atoms with Gasteiger partial charge in [0, 0.05) is 13.1 Å². The largest absolute Gasteiger partial charge is 0.453 e.